The molecule has 0 spiro atoms. The number of ether oxygens (including phenoxy) is 4. The first kappa shape index (κ1) is 32.2. The van der Waals surface area contributed by atoms with Gasteiger partial charge in [-0.2, -0.15) is 0 Å². The van der Waals surface area contributed by atoms with Crippen LogP contribution in [0.25, 0.3) is 16.1 Å². The molecule has 3 heterocycles. The number of amides is 1. The van der Waals surface area contributed by atoms with Crippen LogP contribution in [0.4, 0.5) is 0 Å². The summed E-state index contributed by atoms with van der Waals surface area (Å²) in [5.74, 6) is 1.19. The fourth-order valence-electron chi connectivity index (χ4n) is 6.35. The van der Waals surface area contributed by atoms with Gasteiger partial charge in [0.15, 0.2) is 11.5 Å². The number of hydrogen-bond acceptors (Lipinski definition) is 7. The number of aromatic nitrogens is 1. The molecule has 2 aromatic carbocycles. The monoisotopic (exact) mass is 635 g/mol. The number of fused-ring (bicyclic) bond motifs is 3. The largest absolute Gasteiger partial charge is 0.493 e. The van der Waals surface area contributed by atoms with Gasteiger partial charge in [0.25, 0.3) is 0 Å². The second kappa shape index (κ2) is 14.7. The van der Waals surface area contributed by atoms with E-state index in [9.17, 15) is 9.59 Å². The van der Waals surface area contributed by atoms with Crippen molar-refractivity contribution in [3.63, 3.8) is 0 Å². The van der Waals surface area contributed by atoms with Gasteiger partial charge in [-0.15, -0.1) is 0 Å². The van der Waals surface area contributed by atoms with Gasteiger partial charge in [-0.25, -0.2) is 0 Å². The Morgan fingerprint density at radius 1 is 1.09 bits per heavy atom. The minimum absolute atomic E-state index is 0.0425. The minimum Gasteiger partial charge on any atom is -0.493 e. The molecule has 2 aliphatic rings. The van der Waals surface area contributed by atoms with E-state index in [0.717, 1.165) is 41.0 Å². The van der Waals surface area contributed by atoms with Crippen LogP contribution in [0.2, 0.25) is 5.02 Å². The Morgan fingerprint density at radius 2 is 1.89 bits per heavy atom. The van der Waals surface area contributed by atoms with Gasteiger partial charge < -0.3 is 28.4 Å². The van der Waals surface area contributed by atoms with E-state index in [1.54, 1.807) is 21.1 Å². The number of benzene rings is 2. The minimum atomic E-state index is -0.616. The molecule has 1 fully saturated rings. The van der Waals surface area contributed by atoms with Crippen LogP contribution in [-0.4, -0.2) is 55.3 Å². The maximum absolute atomic E-state index is 13.5. The zero-order chi connectivity index (χ0) is 31.9. The van der Waals surface area contributed by atoms with Crippen molar-refractivity contribution in [3.8, 4) is 17.2 Å². The maximum Gasteiger partial charge on any atom is 0.306 e. The molecule has 1 aromatic heterocycles. The topological polar surface area (TPSA) is 128 Å². The van der Waals surface area contributed by atoms with Crippen LogP contribution in [0.1, 0.15) is 73.8 Å². The molecule has 0 radical (unpaired) electrons. The van der Waals surface area contributed by atoms with Crippen molar-refractivity contribution in [2.75, 3.05) is 33.9 Å². The van der Waals surface area contributed by atoms with Crippen LogP contribution >= 0.6 is 11.6 Å². The third-order valence-corrected chi connectivity index (χ3v) is 8.73. The second-order valence-electron chi connectivity index (χ2n) is 11.1. The number of hydrogen-bond donors (Lipinski definition) is 0. The van der Waals surface area contributed by atoms with E-state index in [2.05, 4.69) is 10.0 Å². The maximum atomic E-state index is 13.5. The molecule has 11 nitrogen and oxygen atoms in total. The highest BCUT2D eigenvalue weighted by atomic mass is 35.5. The fraction of sp³-hybridized carbons (Fsp3) is 0.455. The molecule has 0 unspecified atom stereocenters. The van der Waals surface area contributed by atoms with Crippen molar-refractivity contribution >= 4 is 23.5 Å². The zero-order valence-corrected chi connectivity index (χ0v) is 26.5. The Hall–Kier alpha value is -4.18. The van der Waals surface area contributed by atoms with Crippen LogP contribution in [0.3, 0.4) is 0 Å². The highest BCUT2D eigenvalue weighted by Crippen LogP contribution is 2.47. The Bertz CT molecular complexity index is 1580. The summed E-state index contributed by atoms with van der Waals surface area (Å²) < 4.78 is 25.5. The normalized spacial score (nSPS) is 17.8. The van der Waals surface area contributed by atoms with E-state index >= 15 is 0 Å². The molecule has 2 atom stereocenters. The Labute approximate surface area is 267 Å². The number of likely N-dealkylation sites (tertiary alicyclic amines) is 1. The number of methoxy groups -OCH3 is 2. The van der Waals surface area contributed by atoms with Gasteiger partial charge in [0.2, 0.25) is 5.91 Å². The first-order valence-corrected chi connectivity index (χ1v) is 15.6. The van der Waals surface area contributed by atoms with E-state index in [1.165, 1.54) is 0 Å². The first-order valence-electron chi connectivity index (χ1n) is 15.2. The molecule has 0 saturated carbocycles. The summed E-state index contributed by atoms with van der Waals surface area (Å²) in [6, 6.07) is 15.1. The number of rotatable bonds is 11. The molecular weight excluding hydrogens is 598 g/mol. The third-order valence-electron chi connectivity index (χ3n) is 8.50. The summed E-state index contributed by atoms with van der Waals surface area (Å²) in [4.78, 5) is 30.3. The summed E-state index contributed by atoms with van der Waals surface area (Å²) in [5.41, 5.74) is 13.1. The fourth-order valence-corrected chi connectivity index (χ4v) is 6.53. The number of piperidine rings is 1. The second-order valence-corrected chi connectivity index (χ2v) is 11.6. The molecule has 12 heteroatoms. The number of azide groups is 1. The molecular formula is C33H38ClN5O6. The summed E-state index contributed by atoms with van der Waals surface area (Å²) in [7, 11) is 3.17. The quantitative estimate of drug-likeness (QED) is 0.0957. The van der Waals surface area contributed by atoms with Gasteiger partial charge in [-0.05, 0) is 74.0 Å². The van der Waals surface area contributed by atoms with Crippen molar-refractivity contribution in [1.82, 2.24) is 9.47 Å². The lowest BCUT2D eigenvalue weighted by atomic mass is 9.93. The van der Waals surface area contributed by atoms with E-state index < -0.39 is 12.2 Å². The van der Waals surface area contributed by atoms with Crippen molar-refractivity contribution < 1.29 is 28.5 Å². The Morgan fingerprint density at radius 3 is 2.60 bits per heavy atom. The van der Waals surface area contributed by atoms with Crippen LogP contribution in [0.5, 0.6) is 11.5 Å². The molecule has 45 heavy (non-hydrogen) atoms. The summed E-state index contributed by atoms with van der Waals surface area (Å²) >= 11 is 6.55. The summed E-state index contributed by atoms with van der Waals surface area (Å²) in [5, 5.41) is 4.37. The molecule has 1 saturated heterocycles. The number of para-hydroxylation sites is 1. The lowest BCUT2D eigenvalue weighted by Gasteiger charge is -2.32. The lowest BCUT2D eigenvalue weighted by Crippen LogP contribution is -2.39. The van der Waals surface area contributed by atoms with E-state index in [1.807, 2.05) is 58.0 Å². The first-order chi connectivity index (χ1) is 21.9. The van der Waals surface area contributed by atoms with Gasteiger partial charge in [-0.1, -0.05) is 28.8 Å². The van der Waals surface area contributed by atoms with Crippen molar-refractivity contribution in [1.29, 1.82) is 0 Å². The van der Waals surface area contributed by atoms with Gasteiger partial charge in [0.05, 0.1) is 44.9 Å². The molecule has 0 bridgehead atoms. The van der Waals surface area contributed by atoms with Gasteiger partial charge in [0.1, 0.15) is 6.10 Å². The van der Waals surface area contributed by atoms with E-state index in [-0.39, 0.29) is 30.8 Å². The smallest absolute Gasteiger partial charge is 0.306 e. The lowest BCUT2D eigenvalue weighted by molar-refractivity contribution is -0.144. The van der Waals surface area contributed by atoms with Crippen molar-refractivity contribution in [2.24, 2.45) is 11.0 Å². The molecule has 238 valence electrons. The molecule has 3 aromatic rings. The predicted molar refractivity (Wildman–Crippen MR) is 169 cm³/mol. The van der Waals surface area contributed by atoms with Crippen molar-refractivity contribution in [2.45, 2.75) is 57.8 Å². The average Bonchev–Trinajstić information content (AvgIpc) is 3.41. The summed E-state index contributed by atoms with van der Waals surface area (Å²) in [6.45, 7) is 3.53. The third kappa shape index (κ3) is 7.06. The molecule has 5 rings (SSSR count). The Balaban J connectivity index is 1.45. The number of carbonyl (C=O) groups excluding carboxylic acids is 2. The average molecular weight is 636 g/mol. The molecule has 0 aliphatic carbocycles. The molecule has 2 aliphatic heterocycles. The Kier molecular flexibility index (Phi) is 10.5. The molecule has 0 N–H and O–H groups in total. The SMILES string of the molecule is CCOC(=O)CC1CCN(C(=O)CC[C@H]2O[C@H](c3cccc(OC)c3OC)c3cc(Cl)ccc3-n3c(CN=[N+]=[N-])ccc32)CC1. The van der Waals surface area contributed by atoms with Gasteiger partial charge in [0, 0.05) is 52.7 Å². The predicted octanol–water partition coefficient (Wildman–Crippen LogP) is 7.09. The van der Waals surface area contributed by atoms with Crippen LogP contribution < -0.4 is 9.47 Å². The highest BCUT2D eigenvalue weighted by molar-refractivity contribution is 6.30. The number of esters is 1. The standard InChI is InChI=1S/C33H38ClN5O6/c1-4-44-31(41)18-21-14-16-38(17-15-21)30(40)13-12-28-27-11-9-23(20-36-37-35)39(27)26-10-8-22(34)19-25(26)32(45-28)24-6-5-7-29(42-2)33(24)43-3/h5-11,19,21,28,32H,4,12-18,20H2,1-3H3/t28-,32-/m1/s1. The number of carbonyl (C=O) groups is 2. The van der Waals surface area contributed by atoms with Crippen LogP contribution in [0, 0.1) is 5.92 Å². The number of nitrogens with zero attached hydrogens (tertiary/aromatic N) is 5. The van der Waals surface area contributed by atoms with Crippen molar-refractivity contribution in [3.05, 3.63) is 86.5 Å². The summed E-state index contributed by atoms with van der Waals surface area (Å²) in [6.07, 6.45) is 1.49. The van der Waals surface area contributed by atoms with Crippen LogP contribution in [0.15, 0.2) is 53.6 Å². The number of halogens is 1. The highest BCUT2D eigenvalue weighted by Gasteiger charge is 2.35. The van der Waals surface area contributed by atoms with Crippen LogP contribution in [-0.2, 0) is 25.6 Å². The van der Waals surface area contributed by atoms with Gasteiger partial charge >= 0.3 is 5.97 Å². The van der Waals surface area contributed by atoms with E-state index in [4.69, 9.17) is 36.1 Å². The zero-order valence-electron chi connectivity index (χ0n) is 25.8. The molecule has 1 amide bonds. The van der Waals surface area contributed by atoms with Gasteiger partial charge in [-0.3, -0.25) is 9.59 Å². The van der Waals surface area contributed by atoms with E-state index in [0.29, 0.717) is 49.1 Å².